The minimum Gasteiger partial charge on any atom is -0.479 e. The molecule has 2 heterocycles. The summed E-state index contributed by atoms with van der Waals surface area (Å²) in [5.74, 6) is 1.93. The van der Waals surface area contributed by atoms with Gasteiger partial charge in [-0.3, -0.25) is 14.9 Å². The molecule has 0 aliphatic carbocycles. The van der Waals surface area contributed by atoms with Crippen molar-refractivity contribution >= 4 is 35.0 Å². The maximum Gasteiger partial charge on any atom is 0.265 e. The van der Waals surface area contributed by atoms with Gasteiger partial charge in [-0.15, -0.1) is 11.8 Å². The average molecular weight is 293 g/mol. The van der Waals surface area contributed by atoms with E-state index in [0.29, 0.717) is 17.1 Å². The number of carbonyl (C=O) groups excluding carboxylic acids is 2. The highest BCUT2D eigenvalue weighted by Gasteiger charge is 2.25. The molecular formula is C13H15N3O3S. The summed E-state index contributed by atoms with van der Waals surface area (Å²) < 4.78 is 5.46. The summed E-state index contributed by atoms with van der Waals surface area (Å²) in [6.07, 6.45) is -0.498. The molecule has 3 N–H and O–H groups in total. The van der Waals surface area contributed by atoms with E-state index in [0.717, 1.165) is 11.6 Å². The zero-order valence-electron chi connectivity index (χ0n) is 10.9. The third kappa shape index (κ3) is 2.59. The number of fused-ring (bicyclic) bond motifs is 1. The number of thioether (sulfide) groups is 1. The summed E-state index contributed by atoms with van der Waals surface area (Å²) in [5.41, 5.74) is 1.23. The fourth-order valence-electron chi connectivity index (χ4n) is 2.08. The van der Waals surface area contributed by atoms with E-state index in [2.05, 4.69) is 16.0 Å². The van der Waals surface area contributed by atoms with Crippen LogP contribution in [-0.4, -0.2) is 35.6 Å². The Balaban J connectivity index is 1.74. The van der Waals surface area contributed by atoms with Crippen molar-refractivity contribution in [3.05, 3.63) is 18.2 Å². The molecule has 2 amide bonds. The van der Waals surface area contributed by atoms with Gasteiger partial charge in [0.25, 0.3) is 5.91 Å². The Morgan fingerprint density at radius 3 is 3.10 bits per heavy atom. The molecule has 1 aromatic carbocycles. The molecular weight excluding hydrogens is 278 g/mol. The number of hydrogen-bond acceptors (Lipinski definition) is 5. The molecule has 6 nitrogen and oxygen atoms in total. The Morgan fingerprint density at radius 1 is 1.50 bits per heavy atom. The molecule has 1 saturated heterocycles. The van der Waals surface area contributed by atoms with E-state index in [4.69, 9.17) is 4.74 Å². The fourth-order valence-corrected chi connectivity index (χ4v) is 3.02. The van der Waals surface area contributed by atoms with Crippen molar-refractivity contribution in [2.45, 2.75) is 19.1 Å². The Morgan fingerprint density at radius 2 is 2.35 bits per heavy atom. The van der Waals surface area contributed by atoms with Gasteiger partial charge in [-0.1, -0.05) is 0 Å². The van der Waals surface area contributed by atoms with Gasteiger partial charge in [0.2, 0.25) is 5.91 Å². The zero-order valence-corrected chi connectivity index (χ0v) is 11.8. The SMILES string of the molecule is CC1Oc2ccc(NC(=O)C3CSCN3)cc2NC1=O. The van der Waals surface area contributed by atoms with Gasteiger partial charge in [-0.2, -0.15) is 0 Å². The van der Waals surface area contributed by atoms with Crippen LogP contribution in [0.5, 0.6) is 5.75 Å². The number of anilines is 2. The molecule has 1 aromatic rings. The molecule has 7 heteroatoms. The third-order valence-corrected chi connectivity index (χ3v) is 4.15. The molecule has 2 atom stereocenters. The van der Waals surface area contributed by atoms with Crippen LogP contribution in [0.2, 0.25) is 0 Å². The van der Waals surface area contributed by atoms with Crippen LogP contribution >= 0.6 is 11.8 Å². The molecule has 3 rings (SSSR count). The standard InChI is InChI=1S/C13H15N3O3S/c1-7-12(17)16-9-4-8(2-3-11(9)19-7)15-13(18)10-5-20-6-14-10/h2-4,7,10,14H,5-6H2,1H3,(H,15,18)(H,16,17). The van der Waals surface area contributed by atoms with Gasteiger partial charge in [0, 0.05) is 17.3 Å². The second-order valence-electron chi connectivity index (χ2n) is 4.72. The van der Waals surface area contributed by atoms with Crippen LogP contribution in [0.3, 0.4) is 0 Å². The van der Waals surface area contributed by atoms with E-state index in [1.165, 1.54) is 0 Å². The van der Waals surface area contributed by atoms with Gasteiger partial charge in [0.05, 0.1) is 11.7 Å². The van der Waals surface area contributed by atoms with Gasteiger partial charge in [-0.05, 0) is 25.1 Å². The van der Waals surface area contributed by atoms with E-state index in [1.54, 1.807) is 36.9 Å². The van der Waals surface area contributed by atoms with Crippen molar-refractivity contribution in [1.29, 1.82) is 0 Å². The number of benzene rings is 1. The first kappa shape index (κ1) is 13.3. The highest BCUT2D eigenvalue weighted by atomic mass is 32.2. The van der Waals surface area contributed by atoms with Gasteiger partial charge in [-0.25, -0.2) is 0 Å². The van der Waals surface area contributed by atoms with Gasteiger partial charge in [0.15, 0.2) is 6.10 Å². The van der Waals surface area contributed by atoms with E-state index < -0.39 is 6.10 Å². The van der Waals surface area contributed by atoms with Crippen LogP contribution in [0.4, 0.5) is 11.4 Å². The lowest BCUT2D eigenvalue weighted by molar-refractivity contribution is -0.122. The topological polar surface area (TPSA) is 79.5 Å². The monoisotopic (exact) mass is 293 g/mol. The quantitative estimate of drug-likeness (QED) is 0.758. The Bertz CT molecular complexity index is 558. The van der Waals surface area contributed by atoms with Crippen molar-refractivity contribution in [2.75, 3.05) is 22.3 Å². The first-order chi connectivity index (χ1) is 9.63. The van der Waals surface area contributed by atoms with E-state index in [9.17, 15) is 9.59 Å². The van der Waals surface area contributed by atoms with Gasteiger partial charge >= 0.3 is 0 Å². The van der Waals surface area contributed by atoms with Crippen molar-refractivity contribution in [3.8, 4) is 5.75 Å². The van der Waals surface area contributed by atoms with Crippen molar-refractivity contribution in [1.82, 2.24) is 5.32 Å². The van der Waals surface area contributed by atoms with Crippen LogP contribution in [0.15, 0.2) is 18.2 Å². The molecule has 2 aliphatic heterocycles. The van der Waals surface area contributed by atoms with Crippen molar-refractivity contribution in [3.63, 3.8) is 0 Å². The van der Waals surface area contributed by atoms with Crippen molar-refractivity contribution in [2.24, 2.45) is 0 Å². The normalized spacial score (nSPS) is 24.6. The number of amides is 2. The molecule has 2 unspecified atom stereocenters. The van der Waals surface area contributed by atoms with Crippen LogP contribution in [0.1, 0.15) is 6.92 Å². The minimum atomic E-state index is -0.498. The second kappa shape index (κ2) is 5.34. The number of hydrogen-bond donors (Lipinski definition) is 3. The average Bonchev–Trinajstić information content (AvgIpc) is 2.94. The fraction of sp³-hybridized carbons (Fsp3) is 0.385. The highest BCUT2D eigenvalue weighted by Crippen LogP contribution is 2.32. The van der Waals surface area contributed by atoms with E-state index >= 15 is 0 Å². The molecule has 2 aliphatic rings. The Hall–Kier alpha value is -1.73. The molecule has 0 spiro atoms. The Labute approximate surface area is 120 Å². The summed E-state index contributed by atoms with van der Waals surface area (Å²) in [6, 6.07) is 5.06. The molecule has 0 radical (unpaired) electrons. The lowest BCUT2D eigenvalue weighted by Gasteiger charge is -2.23. The van der Waals surface area contributed by atoms with E-state index in [1.807, 2.05) is 0 Å². The Kier molecular flexibility index (Phi) is 3.54. The number of ether oxygens (including phenoxy) is 1. The van der Waals surface area contributed by atoms with Crippen molar-refractivity contribution < 1.29 is 14.3 Å². The molecule has 0 bridgehead atoms. The summed E-state index contributed by atoms with van der Waals surface area (Å²) in [5, 5.41) is 8.70. The van der Waals surface area contributed by atoms with Gasteiger partial charge in [0.1, 0.15) is 5.75 Å². The third-order valence-electron chi connectivity index (χ3n) is 3.21. The minimum absolute atomic E-state index is 0.0635. The summed E-state index contributed by atoms with van der Waals surface area (Å²) in [7, 11) is 0. The second-order valence-corrected chi connectivity index (χ2v) is 5.75. The maximum absolute atomic E-state index is 12.0. The molecule has 20 heavy (non-hydrogen) atoms. The number of carbonyl (C=O) groups is 2. The van der Waals surface area contributed by atoms with Crippen LogP contribution in [0, 0.1) is 0 Å². The summed E-state index contributed by atoms with van der Waals surface area (Å²) >= 11 is 1.70. The predicted octanol–water partition coefficient (Wildman–Crippen LogP) is 1.01. The summed E-state index contributed by atoms with van der Waals surface area (Å²) in [4.78, 5) is 23.6. The number of nitrogens with one attached hydrogen (secondary N) is 3. The van der Waals surface area contributed by atoms with Gasteiger partial charge < -0.3 is 15.4 Å². The zero-order chi connectivity index (χ0) is 14.1. The molecule has 0 aromatic heterocycles. The lowest BCUT2D eigenvalue weighted by Crippen LogP contribution is -2.37. The summed E-state index contributed by atoms with van der Waals surface area (Å²) in [6.45, 7) is 1.69. The smallest absolute Gasteiger partial charge is 0.265 e. The predicted molar refractivity (Wildman–Crippen MR) is 78.0 cm³/mol. The first-order valence-corrected chi connectivity index (χ1v) is 7.52. The largest absolute Gasteiger partial charge is 0.479 e. The maximum atomic E-state index is 12.0. The highest BCUT2D eigenvalue weighted by molar-refractivity contribution is 7.99. The van der Waals surface area contributed by atoms with E-state index in [-0.39, 0.29) is 17.9 Å². The first-order valence-electron chi connectivity index (χ1n) is 6.37. The molecule has 106 valence electrons. The molecule has 1 fully saturated rings. The van der Waals surface area contributed by atoms with Crippen LogP contribution in [0.25, 0.3) is 0 Å². The molecule has 0 saturated carbocycles. The lowest BCUT2D eigenvalue weighted by atomic mass is 10.2. The number of rotatable bonds is 2. The van der Waals surface area contributed by atoms with Crippen LogP contribution in [-0.2, 0) is 9.59 Å². The van der Waals surface area contributed by atoms with Crippen LogP contribution < -0.4 is 20.7 Å².